The lowest BCUT2D eigenvalue weighted by atomic mass is 10.2. The summed E-state index contributed by atoms with van der Waals surface area (Å²) in [5, 5.41) is 0.129. The Labute approximate surface area is 127 Å². The van der Waals surface area contributed by atoms with Gasteiger partial charge in [-0.3, -0.25) is 0 Å². The van der Waals surface area contributed by atoms with Crippen LogP contribution in [0.1, 0.15) is 0 Å². The molecular formula is C9H3BrClF2IN2S. The van der Waals surface area contributed by atoms with Gasteiger partial charge in [0.25, 0.3) is 0 Å². The van der Waals surface area contributed by atoms with Gasteiger partial charge in [-0.15, -0.1) is 0 Å². The van der Waals surface area contributed by atoms with Crippen molar-refractivity contribution >= 4 is 72.8 Å². The SMILES string of the molecule is CSc1nc(Cl)c2c(F)c(I)c(Br)c(F)c2n1. The first-order valence-corrected chi connectivity index (χ1v) is 7.68. The minimum atomic E-state index is -0.634. The first kappa shape index (κ1) is 13.7. The summed E-state index contributed by atoms with van der Waals surface area (Å²) in [5.74, 6) is -1.25. The number of halogens is 5. The van der Waals surface area contributed by atoms with Crippen molar-refractivity contribution in [2.45, 2.75) is 5.16 Å². The largest absolute Gasteiger partial charge is 0.219 e. The molecule has 0 fully saturated rings. The minimum Gasteiger partial charge on any atom is -0.219 e. The third-order valence-electron chi connectivity index (χ3n) is 2.03. The molecule has 2 aromatic rings. The smallest absolute Gasteiger partial charge is 0.189 e. The summed E-state index contributed by atoms with van der Waals surface area (Å²) in [7, 11) is 0. The highest BCUT2D eigenvalue weighted by Gasteiger charge is 2.21. The summed E-state index contributed by atoms with van der Waals surface area (Å²) in [4.78, 5) is 7.82. The van der Waals surface area contributed by atoms with Crippen LogP contribution >= 0.6 is 61.9 Å². The van der Waals surface area contributed by atoms with Crippen molar-refractivity contribution in [3.8, 4) is 0 Å². The zero-order chi connectivity index (χ0) is 12.7. The van der Waals surface area contributed by atoms with E-state index in [1.165, 1.54) is 11.8 Å². The molecule has 0 spiro atoms. The Hall–Kier alpha value is 0.270. The lowest BCUT2D eigenvalue weighted by Crippen LogP contribution is -1.99. The molecule has 17 heavy (non-hydrogen) atoms. The Kier molecular flexibility index (Phi) is 4.11. The van der Waals surface area contributed by atoms with E-state index in [0.717, 1.165) is 0 Å². The molecule has 0 amide bonds. The van der Waals surface area contributed by atoms with Crippen molar-refractivity contribution in [2.24, 2.45) is 0 Å². The van der Waals surface area contributed by atoms with E-state index in [0.29, 0.717) is 5.16 Å². The molecule has 1 heterocycles. The minimum absolute atomic E-state index is 0.0462. The molecule has 0 radical (unpaired) electrons. The van der Waals surface area contributed by atoms with Gasteiger partial charge in [-0.1, -0.05) is 23.4 Å². The van der Waals surface area contributed by atoms with Gasteiger partial charge in [0.1, 0.15) is 16.5 Å². The van der Waals surface area contributed by atoms with Crippen molar-refractivity contribution in [3.63, 3.8) is 0 Å². The molecular weight excluding hydrogens is 448 g/mol. The highest BCUT2D eigenvalue weighted by atomic mass is 127. The number of thioether (sulfide) groups is 1. The Morgan fingerprint density at radius 1 is 1.29 bits per heavy atom. The first-order chi connectivity index (χ1) is 7.97. The average molecular weight is 451 g/mol. The molecule has 0 aliphatic heterocycles. The number of rotatable bonds is 1. The highest BCUT2D eigenvalue weighted by Crippen LogP contribution is 2.35. The number of nitrogens with zero attached hydrogens (tertiary/aromatic N) is 2. The van der Waals surface area contributed by atoms with Crippen molar-refractivity contribution < 1.29 is 8.78 Å². The van der Waals surface area contributed by atoms with E-state index in [1.54, 1.807) is 28.8 Å². The van der Waals surface area contributed by atoms with Gasteiger partial charge >= 0.3 is 0 Å². The molecule has 8 heteroatoms. The van der Waals surface area contributed by atoms with Crippen LogP contribution < -0.4 is 0 Å². The second-order valence-corrected chi connectivity index (χ2v) is 5.98. The molecule has 0 aliphatic rings. The quantitative estimate of drug-likeness (QED) is 0.158. The maximum absolute atomic E-state index is 14.0. The van der Waals surface area contributed by atoms with E-state index in [9.17, 15) is 8.78 Å². The summed E-state index contributed by atoms with van der Waals surface area (Å²) in [6, 6.07) is 0. The van der Waals surface area contributed by atoms with Crippen molar-refractivity contribution in [3.05, 3.63) is 24.8 Å². The average Bonchev–Trinajstić information content (AvgIpc) is 2.32. The maximum Gasteiger partial charge on any atom is 0.189 e. The molecule has 1 aromatic heterocycles. The molecule has 0 aliphatic carbocycles. The molecule has 0 unspecified atom stereocenters. The molecule has 1 aromatic carbocycles. The molecule has 0 bridgehead atoms. The van der Waals surface area contributed by atoms with Crippen LogP contribution in [-0.4, -0.2) is 16.2 Å². The van der Waals surface area contributed by atoms with Crippen LogP contribution in [0.4, 0.5) is 8.78 Å². The zero-order valence-corrected chi connectivity index (χ0v) is 13.5. The molecule has 0 N–H and O–H groups in total. The van der Waals surface area contributed by atoms with Gasteiger partial charge in [-0.2, -0.15) is 0 Å². The maximum atomic E-state index is 14.0. The molecule has 2 rings (SSSR count). The van der Waals surface area contributed by atoms with Crippen LogP contribution in [0.25, 0.3) is 10.9 Å². The molecule has 2 nitrogen and oxygen atoms in total. The molecule has 90 valence electrons. The van der Waals surface area contributed by atoms with Gasteiger partial charge in [0.15, 0.2) is 11.0 Å². The fraction of sp³-hybridized carbons (Fsp3) is 0.111. The lowest BCUT2D eigenvalue weighted by molar-refractivity contribution is 0.601. The number of fused-ring (bicyclic) bond motifs is 1. The predicted octanol–water partition coefficient (Wildman–Crippen LogP) is 4.65. The number of benzene rings is 1. The van der Waals surface area contributed by atoms with Crippen LogP contribution in [0.15, 0.2) is 9.63 Å². The third kappa shape index (κ3) is 2.26. The number of aromatic nitrogens is 2. The van der Waals surface area contributed by atoms with Gasteiger partial charge < -0.3 is 0 Å². The topological polar surface area (TPSA) is 25.8 Å². The summed E-state index contributed by atoms with van der Waals surface area (Å²) < 4.78 is 28.1. The summed E-state index contributed by atoms with van der Waals surface area (Å²) in [5.41, 5.74) is -0.112. The van der Waals surface area contributed by atoms with Gasteiger partial charge in [0.2, 0.25) is 0 Å². The lowest BCUT2D eigenvalue weighted by Gasteiger charge is -2.08. The standard InChI is InChI=1S/C9H3BrClF2IN2S/c1-17-9-15-7-2(8(11)16-9)4(12)6(14)3(10)5(7)13/h1H3. The fourth-order valence-electron chi connectivity index (χ4n) is 1.27. The monoisotopic (exact) mass is 450 g/mol. The van der Waals surface area contributed by atoms with E-state index in [1.807, 2.05) is 0 Å². The van der Waals surface area contributed by atoms with Gasteiger partial charge in [0, 0.05) is 0 Å². The predicted molar refractivity (Wildman–Crippen MR) is 76.7 cm³/mol. The van der Waals surface area contributed by atoms with Gasteiger partial charge in [-0.05, 0) is 44.8 Å². The number of hydrogen-bond donors (Lipinski definition) is 0. The second kappa shape index (κ2) is 5.10. The van der Waals surface area contributed by atoms with Crippen molar-refractivity contribution in [1.82, 2.24) is 9.97 Å². The van der Waals surface area contributed by atoms with Crippen LogP contribution in [0, 0.1) is 15.2 Å². The molecule has 0 saturated carbocycles. The summed E-state index contributed by atoms with van der Waals surface area (Å²) in [6.45, 7) is 0. The molecule has 0 atom stereocenters. The number of hydrogen-bond acceptors (Lipinski definition) is 3. The Morgan fingerprint density at radius 2 is 1.94 bits per heavy atom. The fourth-order valence-corrected chi connectivity index (χ4v) is 2.80. The van der Waals surface area contributed by atoms with Crippen LogP contribution in [0.3, 0.4) is 0 Å². The Bertz CT molecular complexity index is 626. The van der Waals surface area contributed by atoms with E-state index in [4.69, 9.17) is 11.6 Å². The van der Waals surface area contributed by atoms with Crippen LogP contribution in [-0.2, 0) is 0 Å². The van der Waals surface area contributed by atoms with Crippen LogP contribution in [0.5, 0.6) is 0 Å². The third-order valence-corrected chi connectivity index (χ3v) is 5.35. The summed E-state index contributed by atoms with van der Waals surface area (Å²) >= 11 is 11.7. The first-order valence-electron chi connectivity index (χ1n) is 4.20. The van der Waals surface area contributed by atoms with Gasteiger partial charge in [-0.25, -0.2) is 18.7 Å². The highest BCUT2D eigenvalue weighted by molar-refractivity contribution is 14.1. The molecule has 0 saturated heterocycles. The Balaban J connectivity index is 3.00. The van der Waals surface area contributed by atoms with Crippen molar-refractivity contribution in [1.29, 1.82) is 0 Å². The normalized spacial score (nSPS) is 11.2. The zero-order valence-electron chi connectivity index (χ0n) is 8.19. The second-order valence-electron chi connectivity index (χ2n) is 2.98. The van der Waals surface area contributed by atoms with Crippen molar-refractivity contribution in [2.75, 3.05) is 6.26 Å². The van der Waals surface area contributed by atoms with E-state index >= 15 is 0 Å². The van der Waals surface area contributed by atoms with Gasteiger partial charge in [0.05, 0.1) is 13.4 Å². The summed E-state index contributed by atoms with van der Waals surface area (Å²) in [6.07, 6.45) is 1.73. The van der Waals surface area contributed by atoms with E-state index in [-0.39, 0.29) is 24.1 Å². The van der Waals surface area contributed by atoms with E-state index < -0.39 is 11.6 Å². The van der Waals surface area contributed by atoms with Crippen LogP contribution in [0.2, 0.25) is 5.15 Å². The van der Waals surface area contributed by atoms with E-state index in [2.05, 4.69) is 25.9 Å². The Morgan fingerprint density at radius 3 is 2.53 bits per heavy atom.